The molecule has 0 spiro atoms. The first kappa shape index (κ1) is 19.9. The van der Waals surface area contributed by atoms with Gasteiger partial charge in [-0.2, -0.15) is 26.3 Å². The highest BCUT2D eigenvalue weighted by molar-refractivity contribution is 5.85. The van der Waals surface area contributed by atoms with Crippen molar-refractivity contribution < 1.29 is 35.1 Å². The zero-order valence-electron chi connectivity index (χ0n) is 10.2. The van der Waals surface area contributed by atoms with Crippen LogP contribution in [0.1, 0.15) is 29.2 Å². The molecular formula is C11H10ClF8N. The Morgan fingerprint density at radius 2 is 1.52 bits per heavy atom. The number of nitrogens with two attached hydrogens (primary N) is 1. The van der Waals surface area contributed by atoms with Gasteiger partial charge in [0.05, 0.1) is 17.8 Å². The van der Waals surface area contributed by atoms with Crippen LogP contribution < -0.4 is 5.73 Å². The molecule has 0 aliphatic rings. The van der Waals surface area contributed by atoms with Crippen LogP contribution in [-0.4, -0.2) is 6.67 Å². The molecule has 1 atom stereocenters. The third-order valence-corrected chi connectivity index (χ3v) is 2.55. The van der Waals surface area contributed by atoms with Crippen molar-refractivity contribution in [3.63, 3.8) is 0 Å². The van der Waals surface area contributed by atoms with Crippen molar-refractivity contribution in [3.05, 3.63) is 34.6 Å². The number of hydrogen-bond acceptors (Lipinski definition) is 1. The maximum atomic E-state index is 13.5. The van der Waals surface area contributed by atoms with Crippen molar-refractivity contribution in [2.24, 2.45) is 5.73 Å². The van der Waals surface area contributed by atoms with Crippen molar-refractivity contribution >= 4 is 12.4 Å². The van der Waals surface area contributed by atoms with Crippen LogP contribution in [0.5, 0.6) is 0 Å². The van der Waals surface area contributed by atoms with Crippen molar-refractivity contribution in [2.75, 3.05) is 6.67 Å². The predicted molar refractivity (Wildman–Crippen MR) is 61.2 cm³/mol. The van der Waals surface area contributed by atoms with Gasteiger partial charge >= 0.3 is 12.4 Å². The van der Waals surface area contributed by atoms with Crippen molar-refractivity contribution in [1.82, 2.24) is 0 Å². The quantitative estimate of drug-likeness (QED) is 0.795. The molecule has 0 radical (unpaired) electrons. The van der Waals surface area contributed by atoms with Crippen LogP contribution in [0.2, 0.25) is 0 Å². The van der Waals surface area contributed by atoms with Crippen molar-refractivity contribution in [2.45, 2.75) is 24.8 Å². The van der Waals surface area contributed by atoms with E-state index in [0.29, 0.717) is 0 Å². The zero-order valence-corrected chi connectivity index (χ0v) is 11.0. The average molecular weight is 344 g/mol. The first-order chi connectivity index (χ1) is 8.98. The molecule has 122 valence electrons. The van der Waals surface area contributed by atoms with Gasteiger partial charge in [0, 0.05) is 11.6 Å². The largest absolute Gasteiger partial charge is 0.416 e. The lowest BCUT2D eigenvalue weighted by Crippen LogP contribution is -2.21. The number of rotatable bonds is 3. The van der Waals surface area contributed by atoms with Gasteiger partial charge in [0.25, 0.3) is 0 Å². The molecule has 10 heteroatoms. The van der Waals surface area contributed by atoms with Crippen LogP contribution in [0.4, 0.5) is 35.1 Å². The molecule has 0 unspecified atom stereocenters. The van der Waals surface area contributed by atoms with Gasteiger partial charge < -0.3 is 5.73 Å². The Morgan fingerprint density at radius 1 is 1.00 bits per heavy atom. The molecule has 0 aliphatic carbocycles. The Balaban J connectivity index is 0.00000400. The minimum atomic E-state index is -5.23. The molecule has 0 fully saturated rings. The predicted octanol–water partition coefficient (Wildman–Crippen LogP) is 4.64. The molecular weight excluding hydrogens is 334 g/mol. The van der Waals surface area contributed by atoms with Gasteiger partial charge in [-0.3, -0.25) is 4.39 Å². The van der Waals surface area contributed by atoms with Crippen LogP contribution in [0.15, 0.2) is 12.1 Å². The molecule has 1 nitrogen and oxygen atoms in total. The Bertz CT molecular complexity index is 482. The maximum absolute atomic E-state index is 13.5. The fourth-order valence-corrected chi connectivity index (χ4v) is 1.65. The molecule has 1 rings (SSSR count). The third kappa shape index (κ3) is 4.70. The molecule has 0 bridgehead atoms. The summed E-state index contributed by atoms with van der Waals surface area (Å²) in [4.78, 5) is 0. The minimum absolute atomic E-state index is 0. The highest BCUT2D eigenvalue weighted by atomic mass is 35.5. The molecule has 1 aromatic carbocycles. The van der Waals surface area contributed by atoms with E-state index in [2.05, 4.69) is 0 Å². The fraction of sp³-hybridized carbons (Fsp3) is 0.455. The molecule has 21 heavy (non-hydrogen) atoms. The van der Waals surface area contributed by atoms with E-state index < -0.39 is 54.0 Å². The lowest BCUT2D eigenvalue weighted by molar-refractivity contribution is -0.144. The lowest BCUT2D eigenvalue weighted by Gasteiger charge is -2.20. The highest BCUT2D eigenvalue weighted by Crippen LogP contribution is 2.40. The van der Waals surface area contributed by atoms with Crippen LogP contribution in [0.3, 0.4) is 0 Å². The summed E-state index contributed by atoms with van der Waals surface area (Å²) in [5.74, 6) is -1.76. The SMILES string of the molecule is Cl.N[C@H](CCF)c1c(F)cc(C(F)(F)F)cc1C(F)(F)F. The van der Waals surface area contributed by atoms with E-state index in [9.17, 15) is 35.1 Å². The van der Waals surface area contributed by atoms with Gasteiger partial charge in [-0.15, -0.1) is 12.4 Å². The van der Waals surface area contributed by atoms with Crippen LogP contribution in [-0.2, 0) is 12.4 Å². The van der Waals surface area contributed by atoms with Crippen LogP contribution >= 0.6 is 12.4 Å². The Labute approximate surface area is 120 Å². The summed E-state index contributed by atoms with van der Waals surface area (Å²) in [6.07, 6.45) is -11.0. The van der Waals surface area contributed by atoms with E-state index in [1.165, 1.54) is 0 Å². The van der Waals surface area contributed by atoms with Gasteiger partial charge in [0.15, 0.2) is 0 Å². The topological polar surface area (TPSA) is 26.0 Å². The summed E-state index contributed by atoms with van der Waals surface area (Å²) in [6.45, 7) is -1.13. The maximum Gasteiger partial charge on any atom is 0.416 e. The molecule has 0 saturated carbocycles. The van der Waals surface area contributed by atoms with Gasteiger partial charge in [0.2, 0.25) is 0 Å². The van der Waals surface area contributed by atoms with Crippen molar-refractivity contribution in [3.8, 4) is 0 Å². The molecule has 2 N–H and O–H groups in total. The number of halogens is 9. The molecule has 0 saturated heterocycles. The first-order valence-corrected chi connectivity index (χ1v) is 5.28. The second kappa shape index (κ2) is 6.78. The summed E-state index contributed by atoms with van der Waals surface area (Å²) >= 11 is 0. The van der Waals surface area contributed by atoms with E-state index in [-0.39, 0.29) is 24.5 Å². The van der Waals surface area contributed by atoms with E-state index in [4.69, 9.17) is 5.73 Å². The molecule has 0 aromatic heterocycles. The number of benzene rings is 1. The highest BCUT2D eigenvalue weighted by Gasteiger charge is 2.40. The van der Waals surface area contributed by atoms with Gasteiger partial charge in [-0.05, 0) is 18.6 Å². The standard InChI is InChI=1S/C11H9F8N.ClH/c12-2-1-8(20)9-6(11(17,18)19)3-5(4-7(9)13)10(14,15)16;/h3-4,8H,1-2,20H2;1H/t8-;/m1./s1. The summed E-state index contributed by atoms with van der Waals surface area (Å²) in [5.41, 5.74) is 0.417. The lowest BCUT2D eigenvalue weighted by atomic mass is 9.95. The van der Waals surface area contributed by atoms with Crippen LogP contribution in [0.25, 0.3) is 0 Å². The summed E-state index contributed by atoms with van der Waals surface area (Å²) in [6, 6.07) is -1.99. The smallest absolute Gasteiger partial charge is 0.324 e. The summed E-state index contributed by atoms with van der Waals surface area (Å²) in [5, 5.41) is 0. The summed E-state index contributed by atoms with van der Waals surface area (Å²) < 4.78 is 101. The molecule has 0 heterocycles. The van der Waals surface area contributed by atoms with E-state index in [1.54, 1.807) is 0 Å². The average Bonchev–Trinajstić information content (AvgIpc) is 2.25. The second-order valence-corrected chi connectivity index (χ2v) is 4.00. The molecule has 0 amide bonds. The van der Waals surface area contributed by atoms with E-state index in [1.807, 2.05) is 0 Å². The third-order valence-electron chi connectivity index (χ3n) is 2.55. The van der Waals surface area contributed by atoms with Gasteiger partial charge in [-0.1, -0.05) is 0 Å². The monoisotopic (exact) mass is 343 g/mol. The zero-order chi connectivity index (χ0) is 15.7. The second-order valence-electron chi connectivity index (χ2n) is 4.00. The van der Waals surface area contributed by atoms with E-state index >= 15 is 0 Å². The summed E-state index contributed by atoms with van der Waals surface area (Å²) in [7, 11) is 0. The Kier molecular flexibility index (Phi) is 6.43. The van der Waals surface area contributed by atoms with Gasteiger partial charge in [0.1, 0.15) is 5.82 Å². The number of alkyl halides is 7. The number of hydrogen-bond donors (Lipinski definition) is 1. The first-order valence-electron chi connectivity index (χ1n) is 5.28. The Morgan fingerprint density at radius 3 is 1.90 bits per heavy atom. The van der Waals surface area contributed by atoms with Crippen molar-refractivity contribution in [1.29, 1.82) is 0 Å². The Hall–Kier alpha value is -1.09. The van der Waals surface area contributed by atoms with E-state index in [0.717, 1.165) is 0 Å². The van der Waals surface area contributed by atoms with Gasteiger partial charge in [-0.25, -0.2) is 4.39 Å². The molecule has 1 aromatic rings. The normalized spacial score (nSPS) is 13.8. The molecule has 0 aliphatic heterocycles. The fourth-order valence-electron chi connectivity index (χ4n) is 1.65. The van der Waals surface area contributed by atoms with Crippen LogP contribution in [0, 0.1) is 5.82 Å². The minimum Gasteiger partial charge on any atom is -0.324 e.